The molecule has 2 saturated carbocycles. The van der Waals surface area contributed by atoms with E-state index in [0.717, 1.165) is 184 Å². The van der Waals surface area contributed by atoms with Crippen molar-refractivity contribution in [1.82, 2.24) is 45.3 Å². The van der Waals surface area contributed by atoms with Crippen LogP contribution in [0.25, 0.3) is 0 Å². The van der Waals surface area contributed by atoms with Gasteiger partial charge >= 0.3 is 0 Å². The van der Waals surface area contributed by atoms with Gasteiger partial charge < -0.3 is 50.1 Å². The van der Waals surface area contributed by atoms with Crippen molar-refractivity contribution in [3.8, 4) is 0 Å². The van der Waals surface area contributed by atoms with Gasteiger partial charge in [-0.2, -0.15) is 0 Å². The molecule has 0 bridgehead atoms. The molecule has 5 unspecified atom stereocenters. The standard InChI is InChI=1S/C12H23NO.C12H25N.C12H24.C11H21NO.C11H23N.C10H19NO.C10H21N.C10H20.C9H19N.C8H17NO.C8H17N.C6H6.C5H12.C3H8/c1-4-12(14)13-7-5-11(6-8-13)9-10(2)3;1-4-7-13-8-5-12(6-9-13)10-11(2)3;1-4-11-5-7-12(8-6-11)9-10(2)3;1-4-11(13)12-6-5-10(8-12)7-9(2)3;1-4-6-12-7-5-11(9-12)8-10(2)3;1-9(2)8-10(12)11-6-4-3-5-7-11;1-10(2)6-9-11-7-4-3-5-8-11;1-9(2)8-10-6-4-3-5-7-10;1-8(2)6-9-4-3-5-10-7-9;1-7(2)5-8-6-9-3-4-10-8;1-7(2)5-8-3-4-9-6-8;1-2-4-6-5-3-1;1-4-5(2)3;1-3-2/h10-11H,4-9H2,1-3H3;11-12H,4-10H2,1-3H3;10-12H,4-9H2,1-3H3;9-10H,4-8H2,1-3H3;10-11H,4-9H2,1-3H3;9H,3-8H2,1-2H3;10H,3-9H2,1-2H3;9-10H,3-8H2,1-2H3;8-10H,3-7H2,1-2H3;7-9H,3-6H2,1-2H3;7-9H,3-6H2,1-2H3;1-6H;5H,4H2,1-3H3;3H2,1-2H3. The third-order valence-corrected chi connectivity index (χ3v) is 29.6. The van der Waals surface area contributed by atoms with Crippen molar-refractivity contribution in [3.63, 3.8) is 0 Å². The molecule has 2 aliphatic carbocycles. The van der Waals surface area contributed by atoms with Gasteiger partial charge in [-0.15, -0.1) is 0 Å². The molecule has 11 aliphatic rings. The predicted molar refractivity (Wildman–Crippen MR) is 623 cm³/mol. The second-order valence-electron chi connectivity index (χ2n) is 50.3. The highest BCUT2D eigenvalue weighted by atomic mass is 16.5. The normalized spacial score (nSPS) is 22.1. The lowest BCUT2D eigenvalue weighted by molar-refractivity contribution is -0.133. The van der Waals surface area contributed by atoms with E-state index in [0.29, 0.717) is 42.6 Å². The highest BCUT2D eigenvalue weighted by Gasteiger charge is 2.29. The summed E-state index contributed by atoms with van der Waals surface area (Å²) in [6.45, 7) is 98.0. The van der Waals surface area contributed by atoms with Crippen molar-refractivity contribution in [3.05, 3.63) is 36.4 Å². The summed E-state index contributed by atoms with van der Waals surface area (Å²) in [6.07, 6.45) is 56.7. The zero-order valence-corrected chi connectivity index (χ0v) is 101. The van der Waals surface area contributed by atoms with Crippen molar-refractivity contribution in [2.75, 3.05) is 144 Å². The number of morpholine rings is 1. The van der Waals surface area contributed by atoms with Crippen molar-refractivity contribution >= 4 is 17.7 Å². The predicted octanol–water partition coefficient (Wildman–Crippen LogP) is 33.2. The highest BCUT2D eigenvalue weighted by molar-refractivity contribution is 5.77. The van der Waals surface area contributed by atoms with Gasteiger partial charge in [0.25, 0.3) is 0 Å². The van der Waals surface area contributed by atoms with Gasteiger partial charge in [0.1, 0.15) is 0 Å². The van der Waals surface area contributed by atoms with Gasteiger partial charge in [-0.05, 0) is 370 Å². The monoisotopic (exact) mass is 1970 g/mol. The Bertz CT molecular complexity index is 2660. The van der Waals surface area contributed by atoms with Crippen molar-refractivity contribution < 1.29 is 19.1 Å². The molecule has 5 atom stereocenters. The Kier molecular flexibility index (Phi) is 92.1. The molecule has 12 rings (SSSR count). The van der Waals surface area contributed by atoms with E-state index < -0.39 is 0 Å². The number of nitrogens with one attached hydrogen (secondary N) is 3. The number of piperidine rings is 5. The first-order chi connectivity index (χ1) is 66.7. The zero-order chi connectivity index (χ0) is 105. The Morgan fingerprint density at radius 2 is 0.614 bits per heavy atom. The summed E-state index contributed by atoms with van der Waals surface area (Å²) in [4.78, 5) is 48.2. The van der Waals surface area contributed by atoms with Crippen LogP contribution in [0.3, 0.4) is 0 Å². The molecule has 0 aromatic heterocycles. The largest absolute Gasteiger partial charge is 0.376 e. The highest BCUT2D eigenvalue weighted by Crippen LogP contribution is 2.35. The van der Waals surface area contributed by atoms with Crippen LogP contribution in [0.5, 0.6) is 0 Å². The number of benzene rings is 1. The van der Waals surface area contributed by atoms with Crippen LogP contribution in [0.1, 0.15) is 491 Å². The first-order valence-electron chi connectivity index (χ1n) is 61.5. The number of likely N-dealkylation sites (tertiary alicyclic amines) is 6. The summed E-state index contributed by atoms with van der Waals surface area (Å²) in [6, 6.07) is 12.0. The smallest absolute Gasteiger partial charge is 0.222 e. The third kappa shape index (κ3) is 85.2. The summed E-state index contributed by atoms with van der Waals surface area (Å²) in [5.74, 6) is 19.7. The van der Waals surface area contributed by atoms with Gasteiger partial charge in [0, 0.05) is 78.2 Å². The first-order valence-corrected chi connectivity index (χ1v) is 61.5. The van der Waals surface area contributed by atoms with Crippen LogP contribution in [0, 0.1) is 124 Å². The Balaban J connectivity index is 0. The fourth-order valence-electron chi connectivity index (χ4n) is 22.1. The number of carbonyl (C=O) groups is 3. The van der Waals surface area contributed by atoms with Gasteiger partial charge in [0.2, 0.25) is 17.7 Å². The van der Waals surface area contributed by atoms with Gasteiger partial charge in [-0.3, -0.25) is 14.4 Å². The maximum atomic E-state index is 11.5. The van der Waals surface area contributed by atoms with E-state index in [1.54, 1.807) is 0 Å². The second kappa shape index (κ2) is 92.5. The minimum Gasteiger partial charge on any atom is -0.376 e. The maximum Gasteiger partial charge on any atom is 0.222 e. The molecule has 0 radical (unpaired) electrons. The molecule has 13 nitrogen and oxygen atoms in total. The number of nitrogens with zero attached hydrogens (tertiary/aromatic N) is 6. The Hall–Kier alpha value is -2.65. The summed E-state index contributed by atoms with van der Waals surface area (Å²) in [5.41, 5.74) is 0. The van der Waals surface area contributed by atoms with E-state index in [4.69, 9.17) is 4.74 Å². The second-order valence-corrected chi connectivity index (χ2v) is 50.3. The molecule has 11 fully saturated rings. The van der Waals surface area contributed by atoms with Crippen molar-refractivity contribution in [2.45, 2.75) is 497 Å². The Labute approximate surface area is 878 Å². The molecule has 140 heavy (non-hydrogen) atoms. The lowest BCUT2D eigenvalue weighted by Gasteiger charge is -2.32. The topological polar surface area (TPSA) is 116 Å². The van der Waals surface area contributed by atoms with Crippen LogP contribution in [0.4, 0.5) is 0 Å². The van der Waals surface area contributed by atoms with E-state index in [1.807, 2.05) is 64.9 Å². The molecule has 3 N–H and O–H groups in total. The van der Waals surface area contributed by atoms with Crippen LogP contribution in [-0.2, 0) is 19.1 Å². The van der Waals surface area contributed by atoms with Crippen LogP contribution in [-0.4, -0.2) is 197 Å². The fraction of sp³-hybridized carbons (Fsp3) is 0.929. The number of hydrogen-bond donors (Lipinski definition) is 3. The molecule has 9 saturated heterocycles. The number of hydrogen-bond acceptors (Lipinski definition) is 10. The first kappa shape index (κ1) is 139. The van der Waals surface area contributed by atoms with E-state index >= 15 is 0 Å². The maximum absolute atomic E-state index is 11.5. The minimum atomic E-state index is 0.325. The number of rotatable bonds is 31. The van der Waals surface area contributed by atoms with E-state index in [1.165, 1.54) is 335 Å². The molecule has 1 aromatic rings. The SMILES string of the molecule is CC(C)CC(=O)N1CCCCC1.CC(C)CC1CCCCC1.CC(C)CC1CCCNC1.CC(C)CC1CCNC1.CC(C)CC1CNCCO1.CC(C)CCN1CCCCC1.CCC.CCC(=O)N1CCC(CC(C)C)C1.CCC(=O)N1CCC(CC(C)C)CC1.CCC(C)C.CCC1CCC(CC(C)C)CC1.CCCN1CCC(CC(C)C)C1.CCCN1CCC(CC(C)C)CC1.c1ccccc1. The third-order valence-electron chi connectivity index (χ3n) is 29.6. The molecule has 0 spiro atoms. The molecule has 3 amide bonds. The average Bonchev–Trinajstić information content (AvgIpc) is 1.53. The van der Waals surface area contributed by atoms with Crippen LogP contribution in [0.15, 0.2) is 36.4 Å². The molecule has 9 heterocycles. The average molecular weight is 1970 g/mol. The summed E-state index contributed by atoms with van der Waals surface area (Å²) >= 11 is 0. The molecule has 832 valence electrons. The van der Waals surface area contributed by atoms with E-state index in [2.05, 4.69) is 238 Å². The van der Waals surface area contributed by atoms with E-state index in [-0.39, 0.29) is 0 Å². The van der Waals surface area contributed by atoms with Gasteiger partial charge in [0.15, 0.2) is 0 Å². The quantitative estimate of drug-likeness (QED) is 0.0664. The lowest BCUT2D eigenvalue weighted by Crippen LogP contribution is -2.39. The Morgan fingerprint density at radius 3 is 1.01 bits per heavy atom. The molecule has 13 heteroatoms. The van der Waals surface area contributed by atoms with Gasteiger partial charge in [-0.1, -0.05) is 341 Å². The Morgan fingerprint density at radius 1 is 0.279 bits per heavy atom. The van der Waals surface area contributed by atoms with Crippen molar-refractivity contribution in [1.29, 1.82) is 0 Å². The number of carbonyl (C=O) groups excluding carboxylic acids is 3. The summed E-state index contributed by atoms with van der Waals surface area (Å²) < 4.78 is 5.53. The minimum absolute atomic E-state index is 0.325. The van der Waals surface area contributed by atoms with Gasteiger partial charge in [0.05, 0.1) is 12.7 Å². The number of ether oxygens (including phenoxy) is 1. The van der Waals surface area contributed by atoms with Crippen LogP contribution in [0.2, 0.25) is 0 Å². The lowest BCUT2D eigenvalue weighted by atomic mass is 9.78. The molecule has 9 aliphatic heterocycles. The van der Waals surface area contributed by atoms with Crippen molar-refractivity contribution in [2.24, 2.45) is 124 Å². The van der Waals surface area contributed by atoms with Gasteiger partial charge in [-0.25, -0.2) is 0 Å². The van der Waals surface area contributed by atoms with Crippen LogP contribution < -0.4 is 16.0 Å². The molecular weight excluding hydrogens is 1720 g/mol. The molecule has 1 aromatic carbocycles. The summed E-state index contributed by atoms with van der Waals surface area (Å²) in [5, 5.41) is 10.1. The van der Waals surface area contributed by atoms with Crippen LogP contribution >= 0.6 is 0 Å². The number of amides is 3. The summed E-state index contributed by atoms with van der Waals surface area (Å²) in [7, 11) is 0. The van der Waals surface area contributed by atoms with E-state index in [9.17, 15) is 14.4 Å². The zero-order valence-electron chi connectivity index (χ0n) is 101. The fourth-order valence-corrected chi connectivity index (χ4v) is 22.1. The molecular formula is C127H255N9O4.